The largest absolute Gasteiger partial charge is 0.397 e. The first-order chi connectivity index (χ1) is 8.49. The number of rotatable bonds is 5. The maximum absolute atomic E-state index is 12.0. The fourth-order valence-corrected chi connectivity index (χ4v) is 2.35. The lowest BCUT2D eigenvalue weighted by Crippen LogP contribution is -2.39. The molecule has 1 aromatic carbocycles. The van der Waals surface area contributed by atoms with Gasteiger partial charge in [0.25, 0.3) is 0 Å². The Morgan fingerprint density at radius 1 is 1.33 bits per heavy atom. The van der Waals surface area contributed by atoms with Crippen LogP contribution < -0.4 is 10.6 Å². The number of nitrogens with zero attached hydrogens (tertiary/aromatic N) is 2. The minimum atomic E-state index is 0.125. The van der Waals surface area contributed by atoms with Crippen molar-refractivity contribution in [1.29, 1.82) is 0 Å². The fraction of sp³-hybridized carbons (Fsp3) is 0.462. The lowest BCUT2D eigenvalue weighted by molar-refractivity contribution is -0.129. The molecular formula is C13H20IN3O. The molecule has 0 saturated carbocycles. The number of carbonyl (C=O) groups excluding carboxylic acids is 1. The number of hydrogen-bond donors (Lipinski definition) is 1. The summed E-state index contributed by atoms with van der Waals surface area (Å²) in [6.07, 6.45) is 0. The lowest BCUT2D eigenvalue weighted by atomic mass is 10.2. The monoisotopic (exact) mass is 361 g/mol. The molecule has 5 heteroatoms. The smallest absolute Gasteiger partial charge is 0.242 e. The van der Waals surface area contributed by atoms with E-state index in [1.807, 2.05) is 48.9 Å². The fourth-order valence-electron chi connectivity index (χ4n) is 1.84. The van der Waals surface area contributed by atoms with Crippen LogP contribution in [0.15, 0.2) is 18.2 Å². The van der Waals surface area contributed by atoms with Crippen LogP contribution in [0.5, 0.6) is 0 Å². The van der Waals surface area contributed by atoms with Gasteiger partial charge in [0.1, 0.15) is 0 Å². The van der Waals surface area contributed by atoms with E-state index in [9.17, 15) is 4.79 Å². The average molecular weight is 361 g/mol. The third-order valence-corrected chi connectivity index (χ3v) is 3.56. The van der Waals surface area contributed by atoms with Crippen LogP contribution >= 0.6 is 22.6 Å². The summed E-state index contributed by atoms with van der Waals surface area (Å²) in [5.74, 6) is 0.125. The molecule has 0 spiro atoms. The molecule has 0 heterocycles. The summed E-state index contributed by atoms with van der Waals surface area (Å²) in [4.78, 5) is 15.7. The quantitative estimate of drug-likeness (QED) is 0.646. The number of likely N-dealkylation sites (N-methyl/N-ethyl adjacent to an activating group) is 2. The van der Waals surface area contributed by atoms with Crippen molar-refractivity contribution in [2.75, 3.05) is 37.3 Å². The summed E-state index contributed by atoms with van der Waals surface area (Å²) in [7, 11) is 1.89. The van der Waals surface area contributed by atoms with Crippen molar-refractivity contribution < 1.29 is 4.79 Å². The van der Waals surface area contributed by atoms with E-state index < -0.39 is 0 Å². The van der Waals surface area contributed by atoms with Gasteiger partial charge in [-0.3, -0.25) is 4.79 Å². The molecule has 18 heavy (non-hydrogen) atoms. The molecule has 0 aliphatic heterocycles. The Balaban J connectivity index is 2.76. The van der Waals surface area contributed by atoms with Gasteiger partial charge in [-0.15, -0.1) is 0 Å². The number of amides is 1. The van der Waals surface area contributed by atoms with Crippen molar-refractivity contribution in [2.24, 2.45) is 0 Å². The van der Waals surface area contributed by atoms with Crippen LogP contribution in [0.2, 0.25) is 0 Å². The topological polar surface area (TPSA) is 49.6 Å². The highest BCUT2D eigenvalue weighted by Crippen LogP contribution is 2.24. The molecule has 0 aliphatic rings. The minimum absolute atomic E-state index is 0.125. The molecule has 0 aliphatic carbocycles. The molecule has 0 radical (unpaired) electrons. The maximum atomic E-state index is 12.0. The van der Waals surface area contributed by atoms with E-state index in [0.29, 0.717) is 12.2 Å². The number of nitrogens with two attached hydrogens (primary N) is 1. The molecule has 0 bridgehead atoms. The summed E-state index contributed by atoms with van der Waals surface area (Å²) < 4.78 is 1.09. The van der Waals surface area contributed by atoms with E-state index >= 15 is 0 Å². The standard InChI is InChI=1S/C13H20IN3O/c1-4-17(5-2)13(18)9-16(3)12-7-6-10(14)8-11(12)15/h6-8H,4-5,9,15H2,1-3H3. The summed E-state index contributed by atoms with van der Waals surface area (Å²) in [6, 6.07) is 5.85. The molecule has 1 amide bonds. The summed E-state index contributed by atoms with van der Waals surface area (Å²) >= 11 is 2.22. The van der Waals surface area contributed by atoms with Crippen LogP contribution in [0.25, 0.3) is 0 Å². The van der Waals surface area contributed by atoms with Crippen LogP contribution in [0.3, 0.4) is 0 Å². The van der Waals surface area contributed by atoms with Crippen LogP contribution in [0, 0.1) is 3.57 Å². The Morgan fingerprint density at radius 3 is 2.44 bits per heavy atom. The molecule has 4 nitrogen and oxygen atoms in total. The first-order valence-electron chi connectivity index (χ1n) is 6.03. The van der Waals surface area contributed by atoms with Gasteiger partial charge in [0.2, 0.25) is 5.91 Å². The van der Waals surface area contributed by atoms with Gasteiger partial charge >= 0.3 is 0 Å². The van der Waals surface area contributed by atoms with Gasteiger partial charge in [-0.1, -0.05) is 0 Å². The Morgan fingerprint density at radius 2 is 1.94 bits per heavy atom. The van der Waals surface area contributed by atoms with Crippen molar-refractivity contribution in [3.05, 3.63) is 21.8 Å². The van der Waals surface area contributed by atoms with Crippen molar-refractivity contribution in [3.8, 4) is 0 Å². The highest BCUT2D eigenvalue weighted by Gasteiger charge is 2.14. The molecule has 0 saturated heterocycles. The van der Waals surface area contributed by atoms with Crippen molar-refractivity contribution in [1.82, 2.24) is 4.90 Å². The number of benzene rings is 1. The van der Waals surface area contributed by atoms with Gasteiger partial charge in [-0.05, 0) is 54.6 Å². The zero-order valence-corrected chi connectivity index (χ0v) is 13.3. The molecular weight excluding hydrogens is 341 g/mol. The van der Waals surface area contributed by atoms with Crippen LogP contribution in [0.4, 0.5) is 11.4 Å². The summed E-state index contributed by atoms with van der Waals surface area (Å²) in [5.41, 5.74) is 7.57. The Kier molecular flexibility index (Phi) is 5.71. The summed E-state index contributed by atoms with van der Waals surface area (Å²) in [5, 5.41) is 0. The first-order valence-corrected chi connectivity index (χ1v) is 7.11. The van der Waals surface area contributed by atoms with Gasteiger partial charge in [0.15, 0.2) is 0 Å². The zero-order valence-electron chi connectivity index (χ0n) is 11.1. The third-order valence-electron chi connectivity index (χ3n) is 2.89. The van der Waals surface area contributed by atoms with E-state index in [1.54, 1.807) is 0 Å². The van der Waals surface area contributed by atoms with Crippen LogP contribution in [-0.4, -0.2) is 37.5 Å². The second-order valence-electron chi connectivity index (χ2n) is 4.13. The van der Waals surface area contributed by atoms with Crippen LogP contribution in [0.1, 0.15) is 13.8 Å². The third kappa shape index (κ3) is 3.76. The van der Waals surface area contributed by atoms with Crippen molar-refractivity contribution in [3.63, 3.8) is 0 Å². The predicted octanol–water partition coefficient (Wildman–Crippen LogP) is 2.18. The maximum Gasteiger partial charge on any atom is 0.242 e. The minimum Gasteiger partial charge on any atom is -0.397 e. The van der Waals surface area contributed by atoms with Crippen LogP contribution in [-0.2, 0) is 4.79 Å². The second-order valence-corrected chi connectivity index (χ2v) is 5.37. The molecule has 1 rings (SSSR count). The number of hydrogen-bond acceptors (Lipinski definition) is 3. The Hall–Kier alpha value is -0.980. The van der Waals surface area contributed by atoms with Gasteiger partial charge in [0, 0.05) is 23.7 Å². The molecule has 0 fully saturated rings. The number of carbonyl (C=O) groups is 1. The predicted molar refractivity (Wildman–Crippen MR) is 84.8 cm³/mol. The van der Waals surface area contributed by atoms with Gasteiger partial charge < -0.3 is 15.5 Å². The second kappa shape index (κ2) is 6.82. The number of nitrogen functional groups attached to an aromatic ring is 1. The van der Waals surface area contributed by atoms with Gasteiger partial charge in [-0.2, -0.15) is 0 Å². The highest BCUT2D eigenvalue weighted by atomic mass is 127. The molecule has 1 aromatic rings. The SMILES string of the molecule is CCN(CC)C(=O)CN(C)c1ccc(I)cc1N. The van der Waals surface area contributed by atoms with E-state index in [2.05, 4.69) is 22.6 Å². The highest BCUT2D eigenvalue weighted by molar-refractivity contribution is 14.1. The summed E-state index contributed by atoms with van der Waals surface area (Å²) in [6.45, 7) is 5.81. The van der Waals surface area contributed by atoms with Crippen molar-refractivity contribution >= 4 is 39.9 Å². The number of halogens is 1. The normalized spacial score (nSPS) is 10.2. The molecule has 2 N–H and O–H groups in total. The Labute approximate surface area is 122 Å². The van der Waals surface area contributed by atoms with E-state index in [-0.39, 0.29) is 5.91 Å². The van der Waals surface area contributed by atoms with Crippen molar-refractivity contribution in [2.45, 2.75) is 13.8 Å². The average Bonchev–Trinajstić information content (AvgIpc) is 2.30. The number of anilines is 2. The molecule has 0 aromatic heterocycles. The van der Waals surface area contributed by atoms with Gasteiger partial charge in [-0.25, -0.2) is 0 Å². The lowest BCUT2D eigenvalue weighted by Gasteiger charge is -2.25. The molecule has 0 atom stereocenters. The molecule has 0 unspecified atom stereocenters. The van der Waals surface area contributed by atoms with E-state index in [4.69, 9.17) is 5.73 Å². The molecule has 100 valence electrons. The van der Waals surface area contributed by atoms with E-state index in [0.717, 1.165) is 22.3 Å². The Bertz CT molecular complexity index is 419. The van der Waals surface area contributed by atoms with E-state index in [1.165, 1.54) is 0 Å². The first kappa shape index (κ1) is 15.1. The zero-order chi connectivity index (χ0) is 13.7. The van der Waals surface area contributed by atoms with Gasteiger partial charge in [0.05, 0.1) is 17.9 Å².